The smallest absolute Gasteiger partial charge is 0.148 e. The van der Waals surface area contributed by atoms with E-state index in [1.807, 2.05) is 0 Å². The zero-order chi connectivity index (χ0) is 14.0. The number of halogens is 3. The molecule has 2 aromatic rings. The van der Waals surface area contributed by atoms with Gasteiger partial charge < -0.3 is 10.2 Å². The largest absolute Gasteiger partial charge is 0.385 e. The van der Waals surface area contributed by atoms with Gasteiger partial charge in [-0.1, -0.05) is 48.0 Å². The van der Waals surface area contributed by atoms with Crippen LogP contribution in [0.2, 0.25) is 5.02 Å². The molecule has 0 bridgehead atoms. The number of aliphatic hydroxyl groups is 2. The number of hydrogen-bond acceptors (Lipinski definition) is 2. The van der Waals surface area contributed by atoms with Gasteiger partial charge in [0.2, 0.25) is 0 Å². The van der Waals surface area contributed by atoms with Crippen LogP contribution in [0, 0.1) is 5.82 Å². The maximum absolute atomic E-state index is 14.0. The van der Waals surface area contributed by atoms with E-state index >= 15 is 0 Å². The summed E-state index contributed by atoms with van der Waals surface area (Å²) in [4.78, 5) is 0. The Morgan fingerprint density at radius 3 is 2.26 bits per heavy atom. The minimum Gasteiger partial charge on any atom is -0.385 e. The molecule has 0 amide bonds. The SMILES string of the molecule is OC(c1ccccc1)C(O)c1ccc(Br)c(Cl)c1F. The van der Waals surface area contributed by atoms with Crippen LogP contribution in [-0.2, 0) is 0 Å². The van der Waals surface area contributed by atoms with Crippen LogP contribution in [-0.4, -0.2) is 10.2 Å². The zero-order valence-corrected chi connectivity index (χ0v) is 12.1. The van der Waals surface area contributed by atoms with Crippen LogP contribution in [0.4, 0.5) is 4.39 Å². The van der Waals surface area contributed by atoms with E-state index in [2.05, 4.69) is 15.9 Å². The van der Waals surface area contributed by atoms with Crippen LogP contribution in [0.25, 0.3) is 0 Å². The molecular weight excluding hydrogens is 335 g/mol. The van der Waals surface area contributed by atoms with Gasteiger partial charge in [-0.2, -0.15) is 0 Å². The Labute approximate surface area is 123 Å². The summed E-state index contributed by atoms with van der Waals surface area (Å²) in [7, 11) is 0. The molecule has 0 aliphatic heterocycles. The van der Waals surface area contributed by atoms with E-state index in [9.17, 15) is 14.6 Å². The highest BCUT2D eigenvalue weighted by Gasteiger charge is 2.24. The normalized spacial score (nSPS) is 14.2. The van der Waals surface area contributed by atoms with Gasteiger partial charge in [-0.05, 0) is 27.6 Å². The lowest BCUT2D eigenvalue weighted by Gasteiger charge is -2.19. The molecule has 2 nitrogen and oxygen atoms in total. The molecule has 2 aromatic carbocycles. The predicted molar refractivity (Wildman–Crippen MR) is 75.5 cm³/mol. The third-order valence-corrected chi connectivity index (χ3v) is 4.08. The molecule has 0 radical (unpaired) electrons. The molecule has 0 saturated carbocycles. The Bertz CT molecular complexity index is 577. The number of rotatable bonds is 3. The molecule has 0 aromatic heterocycles. The van der Waals surface area contributed by atoms with Gasteiger partial charge in [0, 0.05) is 10.0 Å². The van der Waals surface area contributed by atoms with Crippen LogP contribution in [0.5, 0.6) is 0 Å². The molecule has 0 spiro atoms. The first-order chi connectivity index (χ1) is 9.02. The van der Waals surface area contributed by atoms with Crippen LogP contribution < -0.4 is 0 Å². The molecule has 2 rings (SSSR count). The van der Waals surface area contributed by atoms with E-state index in [1.54, 1.807) is 30.3 Å². The van der Waals surface area contributed by atoms with Crippen molar-refractivity contribution in [3.05, 3.63) is 68.9 Å². The Morgan fingerprint density at radius 1 is 1.00 bits per heavy atom. The molecule has 0 saturated heterocycles. The number of aliphatic hydroxyl groups excluding tert-OH is 2. The Morgan fingerprint density at radius 2 is 1.63 bits per heavy atom. The first-order valence-corrected chi connectivity index (χ1v) is 6.74. The molecule has 2 unspecified atom stereocenters. The second-order valence-electron chi connectivity index (χ2n) is 4.06. The van der Waals surface area contributed by atoms with E-state index in [-0.39, 0.29) is 10.6 Å². The summed E-state index contributed by atoms with van der Waals surface area (Å²) in [6.45, 7) is 0. The molecule has 19 heavy (non-hydrogen) atoms. The molecule has 0 fully saturated rings. The highest BCUT2D eigenvalue weighted by Crippen LogP contribution is 2.35. The van der Waals surface area contributed by atoms with Gasteiger partial charge in [-0.25, -0.2) is 4.39 Å². The molecule has 0 aliphatic rings. The zero-order valence-electron chi connectivity index (χ0n) is 9.72. The van der Waals surface area contributed by atoms with Crippen molar-refractivity contribution in [1.82, 2.24) is 0 Å². The molecule has 0 heterocycles. The summed E-state index contributed by atoms with van der Waals surface area (Å²) in [6.07, 6.45) is -2.60. The van der Waals surface area contributed by atoms with Crippen LogP contribution in [0.15, 0.2) is 46.9 Å². The van der Waals surface area contributed by atoms with Crippen LogP contribution >= 0.6 is 27.5 Å². The van der Waals surface area contributed by atoms with Gasteiger partial charge in [0.25, 0.3) is 0 Å². The molecular formula is C14H11BrClFO2. The van der Waals surface area contributed by atoms with Crippen molar-refractivity contribution in [2.24, 2.45) is 0 Å². The predicted octanol–water partition coefficient (Wildman–Crippen LogP) is 4.01. The van der Waals surface area contributed by atoms with Gasteiger partial charge in [0.05, 0.1) is 5.02 Å². The fourth-order valence-electron chi connectivity index (χ4n) is 1.77. The average molecular weight is 346 g/mol. The maximum atomic E-state index is 14.0. The van der Waals surface area contributed by atoms with Crippen molar-refractivity contribution in [3.63, 3.8) is 0 Å². The van der Waals surface area contributed by atoms with E-state index in [0.29, 0.717) is 10.0 Å². The molecule has 2 atom stereocenters. The second-order valence-corrected chi connectivity index (χ2v) is 5.30. The Balaban J connectivity index is 2.35. The Hall–Kier alpha value is -0.940. The van der Waals surface area contributed by atoms with E-state index < -0.39 is 18.0 Å². The van der Waals surface area contributed by atoms with Crippen LogP contribution in [0.1, 0.15) is 23.3 Å². The summed E-state index contributed by atoms with van der Waals surface area (Å²) in [5.41, 5.74) is 0.470. The van der Waals surface area contributed by atoms with E-state index in [1.165, 1.54) is 12.1 Å². The van der Waals surface area contributed by atoms with Crippen molar-refractivity contribution >= 4 is 27.5 Å². The van der Waals surface area contributed by atoms with Crippen molar-refractivity contribution in [2.45, 2.75) is 12.2 Å². The van der Waals surface area contributed by atoms with Gasteiger partial charge in [-0.3, -0.25) is 0 Å². The topological polar surface area (TPSA) is 40.5 Å². The standard InChI is InChI=1S/C14H11BrClFO2/c15-10-7-6-9(12(17)11(10)16)14(19)13(18)8-4-2-1-3-5-8/h1-7,13-14,18-19H. The van der Waals surface area contributed by atoms with E-state index in [0.717, 1.165) is 0 Å². The lowest BCUT2D eigenvalue weighted by atomic mass is 9.98. The summed E-state index contributed by atoms with van der Waals surface area (Å²) >= 11 is 8.86. The highest BCUT2D eigenvalue weighted by molar-refractivity contribution is 9.10. The Kier molecular flexibility index (Phi) is 4.58. The summed E-state index contributed by atoms with van der Waals surface area (Å²) < 4.78 is 14.4. The quantitative estimate of drug-likeness (QED) is 0.825. The van der Waals surface area contributed by atoms with Crippen molar-refractivity contribution in [1.29, 1.82) is 0 Å². The second kappa shape index (κ2) is 6.01. The van der Waals surface area contributed by atoms with Crippen molar-refractivity contribution in [3.8, 4) is 0 Å². The van der Waals surface area contributed by atoms with Gasteiger partial charge in [-0.15, -0.1) is 0 Å². The average Bonchev–Trinajstić information content (AvgIpc) is 2.44. The first-order valence-electron chi connectivity index (χ1n) is 5.57. The van der Waals surface area contributed by atoms with Crippen molar-refractivity contribution in [2.75, 3.05) is 0 Å². The summed E-state index contributed by atoms with van der Waals surface area (Å²) in [5, 5.41) is 20.0. The molecule has 100 valence electrons. The highest BCUT2D eigenvalue weighted by atomic mass is 79.9. The fraction of sp³-hybridized carbons (Fsp3) is 0.143. The lowest BCUT2D eigenvalue weighted by Crippen LogP contribution is -2.12. The monoisotopic (exact) mass is 344 g/mol. The minimum atomic E-state index is -1.38. The minimum absolute atomic E-state index is 0.0375. The molecule has 2 N–H and O–H groups in total. The molecule has 0 aliphatic carbocycles. The number of benzene rings is 2. The summed E-state index contributed by atoms with van der Waals surface area (Å²) in [6, 6.07) is 11.5. The number of hydrogen-bond donors (Lipinski definition) is 2. The fourth-order valence-corrected chi connectivity index (χ4v) is 2.25. The third-order valence-electron chi connectivity index (χ3n) is 2.82. The first kappa shape index (κ1) is 14.5. The molecule has 5 heteroatoms. The van der Waals surface area contributed by atoms with Gasteiger partial charge >= 0.3 is 0 Å². The lowest BCUT2D eigenvalue weighted by molar-refractivity contribution is 0.0151. The van der Waals surface area contributed by atoms with Gasteiger partial charge in [0.1, 0.15) is 18.0 Å². The summed E-state index contributed by atoms with van der Waals surface area (Å²) in [5.74, 6) is -0.737. The van der Waals surface area contributed by atoms with Crippen molar-refractivity contribution < 1.29 is 14.6 Å². The van der Waals surface area contributed by atoms with Crippen LogP contribution in [0.3, 0.4) is 0 Å². The van der Waals surface area contributed by atoms with E-state index in [4.69, 9.17) is 11.6 Å². The van der Waals surface area contributed by atoms with Gasteiger partial charge in [0.15, 0.2) is 0 Å². The maximum Gasteiger partial charge on any atom is 0.148 e. The third kappa shape index (κ3) is 2.98.